The first-order valence-corrected chi connectivity index (χ1v) is 6.91. The van der Waals surface area contributed by atoms with Crippen molar-refractivity contribution < 1.29 is 4.79 Å². The molecule has 104 valence electrons. The van der Waals surface area contributed by atoms with Crippen LogP contribution in [0.5, 0.6) is 0 Å². The van der Waals surface area contributed by atoms with Crippen LogP contribution in [0.2, 0.25) is 0 Å². The molecule has 0 atom stereocenters. The van der Waals surface area contributed by atoms with E-state index in [2.05, 4.69) is 34.4 Å². The lowest BCUT2D eigenvalue weighted by Gasteiger charge is -2.16. The molecule has 0 bridgehead atoms. The molecule has 2 heterocycles. The highest BCUT2D eigenvalue weighted by Crippen LogP contribution is 2.18. The summed E-state index contributed by atoms with van der Waals surface area (Å²) in [5.41, 5.74) is 0.726. The molecule has 5 heteroatoms. The molecule has 1 aliphatic heterocycles. The van der Waals surface area contributed by atoms with Crippen LogP contribution in [0.25, 0.3) is 0 Å². The van der Waals surface area contributed by atoms with Crippen LogP contribution < -0.4 is 15.5 Å². The number of rotatable bonds is 4. The van der Waals surface area contributed by atoms with E-state index in [1.54, 1.807) is 6.20 Å². The van der Waals surface area contributed by atoms with E-state index in [-0.39, 0.29) is 6.03 Å². The van der Waals surface area contributed by atoms with Gasteiger partial charge in [0.2, 0.25) is 0 Å². The second-order valence-corrected chi connectivity index (χ2v) is 5.33. The number of amides is 2. The minimum absolute atomic E-state index is 0.176. The van der Waals surface area contributed by atoms with Gasteiger partial charge in [0.1, 0.15) is 5.82 Å². The lowest BCUT2D eigenvalue weighted by atomic mass is 10.2. The monoisotopic (exact) mass is 262 g/mol. The van der Waals surface area contributed by atoms with Gasteiger partial charge < -0.3 is 15.5 Å². The average Bonchev–Trinajstić information content (AvgIpc) is 2.91. The van der Waals surface area contributed by atoms with Crippen molar-refractivity contribution in [2.45, 2.75) is 26.7 Å². The van der Waals surface area contributed by atoms with Crippen LogP contribution in [-0.4, -0.2) is 30.6 Å². The number of anilines is 2. The fourth-order valence-electron chi connectivity index (χ4n) is 2.07. The predicted octanol–water partition coefficient (Wildman–Crippen LogP) is 2.46. The first-order chi connectivity index (χ1) is 9.15. The lowest BCUT2D eigenvalue weighted by molar-refractivity contribution is 0.251. The van der Waals surface area contributed by atoms with Crippen molar-refractivity contribution in [2.24, 2.45) is 5.92 Å². The zero-order chi connectivity index (χ0) is 13.7. The molecule has 0 radical (unpaired) electrons. The summed E-state index contributed by atoms with van der Waals surface area (Å²) in [6, 6.07) is 3.68. The second-order valence-electron chi connectivity index (χ2n) is 5.33. The van der Waals surface area contributed by atoms with Gasteiger partial charge in [-0.25, -0.2) is 9.78 Å². The number of urea groups is 1. The highest BCUT2D eigenvalue weighted by Gasteiger charge is 2.13. The summed E-state index contributed by atoms with van der Waals surface area (Å²) in [4.78, 5) is 18.3. The first kappa shape index (κ1) is 13.6. The molecule has 2 N–H and O–H groups in total. The van der Waals surface area contributed by atoms with E-state index in [1.165, 1.54) is 12.8 Å². The van der Waals surface area contributed by atoms with Crippen molar-refractivity contribution in [3.8, 4) is 0 Å². The van der Waals surface area contributed by atoms with Gasteiger partial charge in [-0.05, 0) is 30.9 Å². The zero-order valence-electron chi connectivity index (χ0n) is 11.6. The number of carbonyl (C=O) groups is 1. The molecule has 1 saturated heterocycles. The molecule has 2 amide bonds. The van der Waals surface area contributed by atoms with E-state index in [9.17, 15) is 4.79 Å². The van der Waals surface area contributed by atoms with Gasteiger partial charge in [-0.15, -0.1) is 0 Å². The zero-order valence-corrected chi connectivity index (χ0v) is 11.6. The van der Waals surface area contributed by atoms with Gasteiger partial charge >= 0.3 is 6.03 Å². The summed E-state index contributed by atoms with van der Waals surface area (Å²) in [7, 11) is 0. The smallest absolute Gasteiger partial charge is 0.319 e. The Balaban J connectivity index is 1.86. The molecule has 0 aliphatic carbocycles. The van der Waals surface area contributed by atoms with Crippen molar-refractivity contribution in [1.29, 1.82) is 0 Å². The molecule has 1 aromatic rings. The average molecular weight is 262 g/mol. The van der Waals surface area contributed by atoms with Crippen LogP contribution in [0.4, 0.5) is 16.3 Å². The summed E-state index contributed by atoms with van der Waals surface area (Å²) < 4.78 is 0. The molecule has 5 nitrogen and oxygen atoms in total. The third-order valence-corrected chi connectivity index (χ3v) is 3.11. The molecule has 19 heavy (non-hydrogen) atoms. The van der Waals surface area contributed by atoms with Crippen LogP contribution in [0.1, 0.15) is 26.7 Å². The third-order valence-electron chi connectivity index (χ3n) is 3.11. The predicted molar refractivity (Wildman–Crippen MR) is 77.5 cm³/mol. The Labute approximate surface area is 114 Å². The van der Waals surface area contributed by atoms with E-state index in [0.717, 1.165) is 24.6 Å². The number of hydrogen-bond donors (Lipinski definition) is 2. The van der Waals surface area contributed by atoms with Gasteiger partial charge in [0.05, 0.1) is 11.9 Å². The fraction of sp³-hybridized carbons (Fsp3) is 0.571. The number of pyridine rings is 1. The standard InChI is InChI=1S/C14H22N4O/c1-11(2)9-16-14(19)17-12-5-6-13(15-10-12)18-7-3-4-8-18/h5-6,10-11H,3-4,7-9H2,1-2H3,(H2,16,17,19). The van der Waals surface area contributed by atoms with Gasteiger partial charge in [0.25, 0.3) is 0 Å². The van der Waals surface area contributed by atoms with Crippen LogP contribution in [0, 0.1) is 5.92 Å². The van der Waals surface area contributed by atoms with E-state index in [4.69, 9.17) is 0 Å². The molecule has 2 rings (SSSR count). The molecule has 0 aromatic carbocycles. The largest absolute Gasteiger partial charge is 0.357 e. The molecule has 1 fully saturated rings. The topological polar surface area (TPSA) is 57.3 Å². The minimum Gasteiger partial charge on any atom is -0.357 e. The van der Waals surface area contributed by atoms with Crippen LogP contribution in [0.15, 0.2) is 18.3 Å². The second kappa shape index (κ2) is 6.41. The van der Waals surface area contributed by atoms with Gasteiger partial charge in [0.15, 0.2) is 0 Å². The highest BCUT2D eigenvalue weighted by molar-refractivity contribution is 5.89. The maximum absolute atomic E-state index is 11.6. The lowest BCUT2D eigenvalue weighted by Crippen LogP contribution is -2.31. The molecular weight excluding hydrogens is 240 g/mol. The van der Waals surface area contributed by atoms with Crippen LogP contribution in [-0.2, 0) is 0 Å². The molecule has 0 unspecified atom stereocenters. The van der Waals surface area contributed by atoms with E-state index >= 15 is 0 Å². The Morgan fingerprint density at radius 3 is 2.68 bits per heavy atom. The Morgan fingerprint density at radius 1 is 1.37 bits per heavy atom. The summed E-state index contributed by atoms with van der Waals surface area (Å²) in [6.07, 6.45) is 4.18. The quantitative estimate of drug-likeness (QED) is 0.876. The molecule has 0 spiro atoms. The normalized spacial score (nSPS) is 14.8. The van der Waals surface area contributed by atoms with E-state index in [1.807, 2.05) is 12.1 Å². The van der Waals surface area contributed by atoms with Gasteiger partial charge in [0, 0.05) is 19.6 Å². The minimum atomic E-state index is -0.176. The number of carbonyl (C=O) groups excluding carboxylic acids is 1. The fourth-order valence-corrected chi connectivity index (χ4v) is 2.07. The Kier molecular flexibility index (Phi) is 4.60. The van der Waals surface area contributed by atoms with Gasteiger partial charge in [-0.1, -0.05) is 13.8 Å². The van der Waals surface area contributed by atoms with Crippen molar-refractivity contribution >= 4 is 17.5 Å². The third kappa shape index (κ3) is 4.12. The summed E-state index contributed by atoms with van der Waals surface area (Å²) in [6.45, 7) is 6.95. The number of nitrogens with one attached hydrogen (secondary N) is 2. The molecular formula is C14H22N4O. The Bertz CT molecular complexity index is 410. The summed E-state index contributed by atoms with van der Waals surface area (Å²) in [5.74, 6) is 1.44. The first-order valence-electron chi connectivity index (χ1n) is 6.91. The summed E-state index contributed by atoms with van der Waals surface area (Å²) in [5, 5.41) is 5.60. The number of aromatic nitrogens is 1. The van der Waals surface area contributed by atoms with Crippen molar-refractivity contribution in [3.05, 3.63) is 18.3 Å². The van der Waals surface area contributed by atoms with E-state index < -0.39 is 0 Å². The number of nitrogens with zero attached hydrogens (tertiary/aromatic N) is 2. The maximum atomic E-state index is 11.6. The Morgan fingerprint density at radius 2 is 2.11 bits per heavy atom. The summed E-state index contributed by atoms with van der Waals surface area (Å²) >= 11 is 0. The van der Waals surface area contributed by atoms with Gasteiger partial charge in [-0.3, -0.25) is 0 Å². The molecule has 1 aliphatic rings. The highest BCUT2D eigenvalue weighted by atomic mass is 16.2. The maximum Gasteiger partial charge on any atom is 0.319 e. The van der Waals surface area contributed by atoms with Crippen molar-refractivity contribution in [1.82, 2.24) is 10.3 Å². The van der Waals surface area contributed by atoms with Crippen LogP contribution >= 0.6 is 0 Å². The Hall–Kier alpha value is -1.78. The van der Waals surface area contributed by atoms with Crippen molar-refractivity contribution in [2.75, 3.05) is 29.9 Å². The van der Waals surface area contributed by atoms with Crippen molar-refractivity contribution in [3.63, 3.8) is 0 Å². The molecule has 1 aromatic heterocycles. The molecule has 0 saturated carbocycles. The van der Waals surface area contributed by atoms with Crippen LogP contribution in [0.3, 0.4) is 0 Å². The number of hydrogen-bond acceptors (Lipinski definition) is 3. The SMILES string of the molecule is CC(C)CNC(=O)Nc1ccc(N2CCCC2)nc1. The van der Waals surface area contributed by atoms with Gasteiger partial charge in [-0.2, -0.15) is 0 Å². The van der Waals surface area contributed by atoms with E-state index in [0.29, 0.717) is 12.5 Å².